The Hall–Kier alpha value is -1.37. The Labute approximate surface area is 83.3 Å². The number of halogens is 1. The molecule has 0 fully saturated rings. The summed E-state index contributed by atoms with van der Waals surface area (Å²) in [6.45, 7) is 1.71. The van der Waals surface area contributed by atoms with Crippen LogP contribution in [-0.4, -0.2) is 0 Å². The van der Waals surface area contributed by atoms with Crippen LogP contribution >= 0.6 is 0 Å². The van der Waals surface area contributed by atoms with Gasteiger partial charge in [-0.25, -0.2) is 4.39 Å². The van der Waals surface area contributed by atoms with Crippen LogP contribution in [0.5, 0.6) is 0 Å². The average Bonchev–Trinajstić information content (AvgIpc) is 2.19. The molecule has 74 valence electrons. The predicted octanol–water partition coefficient (Wildman–Crippen LogP) is 1.66. The van der Waals surface area contributed by atoms with E-state index < -0.39 is 0 Å². The van der Waals surface area contributed by atoms with E-state index in [0.717, 1.165) is 5.56 Å². The number of nitrogens with one attached hydrogen (secondary N) is 1. The van der Waals surface area contributed by atoms with Crippen LogP contribution in [0.2, 0.25) is 0 Å². The Morgan fingerprint density at radius 1 is 1.64 bits per heavy atom. The van der Waals surface area contributed by atoms with Crippen LogP contribution in [0, 0.1) is 25.1 Å². The van der Waals surface area contributed by atoms with E-state index in [1.807, 2.05) is 6.07 Å². The van der Waals surface area contributed by atoms with Crippen LogP contribution in [0.15, 0.2) is 18.2 Å². The summed E-state index contributed by atoms with van der Waals surface area (Å²) in [5.74, 6) is 7.56. The van der Waals surface area contributed by atoms with E-state index in [9.17, 15) is 4.39 Å². The summed E-state index contributed by atoms with van der Waals surface area (Å²) in [6, 6.07) is 4.80. The molecule has 0 aliphatic carbocycles. The lowest BCUT2D eigenvalue weighted by Gasteiger charge is -2.13. The Morgan fingerprint density at radius 3 is 2.86 bits per heavy atom. The second-order valence-corrected chi connectivity index (χ2v) is 3.14. The molecule has 0 aliphatic heterocycles. The van der Waals surface area contributed by atoms with Gasteiger partial charge < -0.3 is 0 Å². The van der Waals surface area contributed by atoms with Gasteiger partial charge in [0.05, 0.1) is 6.04 Å². The van der Waals surface area contributed by atoms with Gasteiger partial charge in [-0.05, 0) is 24.1 Å². The minimum Gasteiger partial charge on any atom is -0.271 e. The lowest BCUT2D eigenvalue weighted by atomic mass is 10.0. The minimum atomic E-state index is -0.236. The molecular weight excluding hydrogens is 179 g/mol. The summed E-state index contributed by atoms with van der Waals surface area (Å²) < 4.78 is 13.2. The van der Waals surface area contributed by atoms with Crippen molar-refractivity contribution in [1.29, 1.82) is 0 Å². The smallest absolute Gasteiger partial charge is 0.126 e. The van der Waals surface area contributed by atoms with E-state index in [0.29, 0.717) is 12.0 Å². The molecule has 0 radical (unpaired) electrons. The highest BCUT2D eigenvalue weighted by atomic mass is 19.1. The first-order valence-electron chi connectivity index (χ1n) is 4.34. The number of hydrogen-bond acceptors (Lipinski definition) is 2. The molecule has 0 aliphatic rings. The third kappa shape index (κ3) is 2.32. The molecule has 0 amide bonds. The highest BCUT2D eigenvalue weighted by molar-refractivity contribution is 5.26. The number of nitrogens with two attached hydrogens (primary N) is 1. The fraction of sp³-hybridized carbons (Fsp3) is 0.273. The van der Waals surface area contributed by atoms with Crippen LogP contribution in [0.25, 0.3) is 0 Å². The highest BCUT2D eigenvalue weighted by Gasteiger charge is 2.09. The van der Waals surface area contributed by atoms with Gasteiger partial charge in [0.25, 0.3) is 0 Å². The lowest BCUT2D eigenvalue weighted by Crippen LogP contribution is -2.27. The van der Waals surface area contributed by atoms with E-state index in [2.05, 4.69) is 11.3 Å². The molecule has 1 aromatic carbocycles. The molecule has 1 unspecified atom stereocenters. The SMILES string of the molecule is C#CCC(NN)c1ccc(C)c(F)c1. The van der Waals surface area contributed by atoms with Gasteiger partial charge in [-0.3, -0.25) is 11.3 Å². The minimum absolute atomic E-state index is 0.185. The van der Waals surface area contributed by atoms with Gasteiger partial charge in [0.15, 0.2) is 0 Å². The number of aryl methyl sites for hydroxylation is 1. The van der Waals surface area contributed by atoms with Crippen molar-refractivity contribution < 1.29 is 4.39 Å². The monoisotopic (exact) mass is 192 g/mol. The van der Waals surface area contributed by atoms with Crippen LogP contribution in [0.4, 0.5) is 4.39 Å². The van der Waals surface area contributed by atoms with Crippen molar-refractivity contribution in [2.45, 2.75) is 19.4 Å². The van der Waals surface area contributed by atoms with Gasteiger partial charge in [0.2, 0.25) is 0 Å². The first-order valence-corrected chi connectivity index (χ1v) is 4.34. The summed E-state index contributed by atoms with van der Waals surface area (Å²) in [5, 5.41) is 0. The Kier molecular flexibility index (Phi) is 3.63. The first kappa shape index (κ1) is 10.7. The summed E-state index contributed by atoms with van der Waals surface area (Å²) in [4.78, 5) is 0. The Bertz CT molecular complexity index is 355. The Morgan fingerprint density at radius 2 is 2.36 bits per heavy atom. The van der Waals surface area contributed by atoms with Gasteiger partial charge in [0, 0.05) is 6.42 Å². The van der Waals surface area contributed by atoms with Crippen molar-refractivity contribution in [1.82, 2.24) is 5.43 Å². The van der Waals surface area contributed by atoms with Crippen molar-refractivity contribution in [3.05, 3.63) is 35.1 Å². The van der Waals surface area contributed by atoms with E-state index in [-0.39, 0.29) is 11.9 Å². The molecule has 0 aromatic heterocycles. The number of rotatable bonds is 3. The van der Waals surface area contributed by atoms with E-state index in [1.165, 1.54) is 6.07 Å². The fourth-order valence-corrected chi connectivity index (χ4v) is 1.22. The van der Waals surface area contributed by atoms with Crippen LogP contribution in [0.3, 0.4) is 0 Å². The normalized spacial score (nSPS) is 12.1. The van der Waals surface area contributed by atoms with Crippen LogP contribution in [-0.2, 0) is 0 Å². The quantitative estimate of drug-likeness (QED) is 0.434. The maximum absolute atomic E-state index is 13.2. The summed E-state index contributed by atoms with van der Waals surface area (Å²) in [6.07, 6.45) is 5.61. The number of terminal acetylenes is 1. The van der Waals surface area contributed by atoms with E-state index in [1.54, 1.807) is 13.0 Å². The summed E-state index contributed by atoms with van der Waals surface area (Å²) in [5.41, 5.74) is 3.94. The largest absolute Gasteiger partial charge is 0.271 e. The summed E-state index contributed by atoms with van der Waals surface area (Å²) >= 11 is 0. The standard InChI is InChI=1S/C11H13FN2/c1-3-4-11(14-13)9-6-5-8(2)10(12)7-9/h1,5-7,11,14H,4,13H2,2H3. The third-order valence-electron chi connectivity index (χ3n) is 2.12. The van der Waals surface area contributed by atoms with Crippen LogP contribution < -0.4 is 11.3 Å². The van der Waals surface area contributed by atoms with Crippen molar-refractivity contribution in [3.8, 4) is 12.3 Å². The zero-order valence-corrected chi connectivity index (χ0v) is 8.05. The first-order chi connectivity index (χ1) is 6.69. The van der Waals surface area contributed by atoms with Gasteiger partial charge in [-0.1, -0.05) is 12.1 Å². The van der Waals surface area contributed by atoms with Gasteiger partial charge in [-0.15, -0.1) is 12.3 Å². The molecule has 1 aromatic rings. The molecule has 2 nitrogen and oxygen atoms in total. The number of hydrazine groups is 1. The molecule has 1 rings (SSSR count). The maximum atomic E-state index is 13.2. The zero-order valence-electron chi connectivity index (χ0n) is 8.05. The fourth-order valence-electron chi connectivity index (χ4n) is 1.22. The van der Waals surface area contributed by atoms with Crippen molar-refractivity contribution in [3.63, 3.8) is 0 Å². The molecule has 3 N–H and O–H groups in total. The maximum Gasteiger partial charge on any atom is 0.126 e. The average molecular weight is 192 g/mol. The molecule has 0 spiro atoms. The highest BCUT2D eigenvalue weighted by Crippen LogP contribution is 2.18. The number of hydrogen-bond donors (Lipinski definition) is 2. The zero-order chi connectivity index (χ0) is 10.6. The Balaban J connectivity index is 2.95. The molecule has 0 saturated heterocycles. The van der Waals surface area contributed by atoms with Crippen molar-refractivity contribution >= 4 is 0 Å². The van der Waals surface area contributed by atoms with Crippen LogP contribution in [0.1, 0.15) is 23.6 Å². The number of benzene rings is 1. The predicted molar refractivity (Wildman–Crippen MR) is 54.7 cm³/mol. The van der Waals surface area contributed by atoms with Crippen molar-refractivity contribution in [2.75, 3.05) is 0 Å². The third-order valence-corrected chi connectivity index (χ3v) is 2.12. The van der Waals surface area contributed by atoms with Crippen molar-refractivity contribution in [2.24, 2.45) is 5.84 Å². The topological polar surface area (TPSA) is 38.0 Å². The second-order valence-electron chi connectivity index (χ2n) is 3.14. The lowest BCUT2D eigenvalue weighted by molar-refractivity contribution is 0.557. The molecule has 3 heteroatoms. The van der Waals surface area contributed by atoms with E-state index in [4.69, 9.17) is 12.3 Å². The molecule has 1 atom stereocenters. The van der Waals surface area contributed by atoms with Gasteiger partial charge in [-0.2, -0.15) is 0 Å². The molecular formula is C11H13FN2. The summed E-state index contributed by atoms with van der Waals surface area (Å²) in [7, 11) is 0. The molecule has 0 saturated carbocycles. The van der Waals surface area contributed by atoms with Gasteiger partial charge >= 0.3 is 0 Å². The molecule has 0 heterocycles. The molecule has 14 heavy (non-hydrogen) atoms. The second kappa shape index (κ2) is 4.75. The molecule has 0 bridgehead atoms. The van der Waals surface area contributed by atoms with E-state index >= 15 is 0 Å². The van der Waals surface area contributed by atoms with Gasteiger partial charge in [0.1, 0.15) is 5.82 Å².